The van der Waals surface area contributed by atoms with Crippen molar-refractivity contribution in [2.75, 3.05) is 19.6 Å². The predicted octanol–water partition coefficient (Wildman–Crippen LogP) is 2.04. The summed E-state index contributed by atoms with van der Waals surface area (Å²) >= 11 is 0. The molecule has 0 spiro atoms. The average Bonchev–Trinajstić information content (AvgIpc) is 2.35. The molecule has 2 rings (SSSR count). The van der Waals surface area contributed by atoms with Crippen molar-refractivity contribution in [3.05, 3.63) is 35.4 Å². The minimum atomic E-state index is 0.620. The summed E-state index contributed by atoms with van der Waals surface area (Å²) in [6.07, 6.45) is 1.17. The molecule has 16 heavy (non-hydrogen) atoms. The van der Waals surface area contributed by atoms with Crippen LogP contribution in [-0.4, -0.2) is 30.6 Å². The van der Waals surface area contributed by atoms with Crippen LogP contribution in [0.25, 0.3) is 0 Å². The summed E-state index contributed by atoms with van der Waals surface area (Å²) in [4.78, 5) is 2.49. The highest BCUT2D eigenvalue weighted by Gasteiger charge is 2.18. The second-order valence-electron chi connectivity index (χ2n) is 4.54. The van der Waals surface area contributed by atoms with Crippen molar-refractivity contribution in [3.63, 3.8) is 0 Å². The first kappa shape index (κ1) is 11.6. The fourth-order valence-electron chi connectivity index (χ4n) is 2.44. The molecule has 0 bridgehead atoms. The van der Waals surface area contributed by atoms with Crippen molar-refractivity contribution >= 4 is 0 Å². The zero-order valence-electron chi connectivity index (χ0n) is 10.4. The molecule has 2 nitrogen and oxygen atoms in total. The minimum Gasteiger partial charge on any atom is -0.308 e. The highest BCUT2D eigenvalue weighted by molar-refractivity contribution is 5.29. The number of fused-ring (bicyclic) bond motifs is 1. The average molecular weight is 218 g/mol. The summed E-state index contributed by atoms with van der Waals surface area (Å²) in [6.45, 7) is 8.97. The van der Waals surface area contributed by atoms with Crippen molar-refractivity contribution in [1.29, 1.82) is 0 Å². The SMILES string of the molecule is CCN(CC)CC1Cc2ccccc2CN1. The van der Waals surface area contributed by atoms with Crippen LogP contribution < -0.4 is 5.32 Å². The molecule has 1 aliphatic heterocycles. The Hall–Kier alpha value is -0.860. The highest BCUT2D eigenvalue weighted by Crippen LogP contribution is 2.16. The van der Waals surface area contributed by atoms with Crippen molar-refractivity contribution < 1.29 is 0 Å². The van der Waals surface area contributed by atoms with Crippen molar-refractivity contribution in [2.24, 2.45) is 0 Å². The largest absolute Gasteiger partial charge is 0.308 e. The van der Waals surface area contributed by atoms with E-state index in [4.69, 9.17) is 0 Å². The van der Waals surface area contributed by atoms with Gasteiger partial charge >= 0.3 is 0 Å². The van der Waals surface area contributed by atoms with Gasteiger partial charge in [0.25, 0.3) is 0 Å². The van der Waals surface area contributed by atoms with Gasteiger partial charge in [0, 0.05) is 19.1 Å². The number of nitrogens with zero attached hydrogens (tertiary/aromatic N) is 1. The lowest BCUT2D eigenvalue weighted by Gasteiger charge is -2.30. The van der Waals surface area contributed by atoms with Gasteiger partial charge in [-0.05, 0) is 30.6 Å². The van der Waals surface area contributed by atoms with E-state index in [1.165, 1.54) is 24.1 Å². The molecular weight excluding hydrogens is 196 g/mol. The molecule has 1 aromatic carbocycles. The van der Waals surface area contributed by atoms with E-state index in [2.05, 4.69) is 48.3 Å². The first-order chi connectivity index (χ1) is 7.83. The molecule has 0 aliphatic carbocycles. The van der Waals surface area contributed by atoms with E-state index in [1.807, 2.05) is 0 Å². The van der Waals surface area contributed by atoms with Crippen LogP contribution in [-0.2, 0) is 13.0 Å². The number of benzene rings is 1. The van der Waals surface area contributed by atoms with E-state index in [0.29, 0.717) is 6.04 Å². The fraction of sp³-hybridized carbons (Fsp3) is 0.571. The van der Waals surface area contributed by atoms with E-state index >= 15 is 0 Å². The molecule has 2 heteroatoms. The topological polar surface area (TPSA) is 15.3 Å². The Morgan fingerprint density at radius 2 is 1.88 bits per heavy atom. The maximum Gasteiger partial charge on any atom is 0.0238 e. The smallest absolute Gasteiger partial charge is 0.0238 e. The molecule has 88 valence electrons. The molecule has 0 saturated heterocycles. The Balaban J connectivity index is 1.97. The third-order valence-corrected chi connectivity index (χ3v) is 3.54. The quantitative estimate of drug-likeness (QED) is 0.832. The summed E-state index contributed by atoms with van der Waals surface area (Å²) in [6, 6.07) is 9.40. The molecule has 1 heterocycles. The molecule has 0 radical (unpaired) electrons. The van der Waals surface area contributed by atoms with Crippen molar-refractivity contribution in [3.8, 4) is 0 Å². The van der Waals surface area contributed by atoms with Crippen molar-refractivity contribution in [2.45, 2.75) is 32.9 Å². The van der Waals surface area contributed by atoms with Gasteiger partial charge in [0.1, 0.15) is 0 Å². The monoisotopic (exact) mass is 218 g/mol. The molecule has 0 amide bonds. The van der Waals surface area contributed by atoms with Crippen LogP contribution >= 0.6 is 0 Å². The van der Waals surface area contributed by atoms with Gasteiger partial charge in [0.15, 0.2) is 0 Å². The van der Waals surface area contributed by atoms with Gasteiger partial charge in [0.2, 0.25) is 0 Å². The Morgan fingerprint density at radius 3 is 2.56 bits per heavy atom. The number of rotatable bonds is 4. The zero-order chi connectivity index (χ0) is 11.4. The lowest BCUT2D eigenvalue weighted by molar-refractivity contribution is 0.257. The summed E-state index contributed by atoms with van der Waals surface area (Å²) in [5.74, 6) is 0. The van der Waals surface area contributed by atoms with E-state index < -0.39 is 0 Å². The van der Waals surface area contributed by atoms with Gasteiger partial charge in [-0.3, -0.25) is 0 Å². The number of nitrogens with one attached hydrogen (secondary N) is 1. The van der Waals surface area contributed by atoms with Gasteiger partial charge in [0.05, 0.1) is 0 Å². The Kier molecular flexibility index (Phi) is 3.97. The zero-order valence-corrected chi connectivity index (χ0v) is 10.4. The van der Waals surface area contributed by atoms with E-state index in [9.17, 15) is 0 Å². The summed E-state index contributed by atoms with van der Waals surface area (Å²) < 4.78 is 0. The van der Waals surface area contributed by atoms with Gasteiger partial charge < -0.3 is 10.2 Å². The lowest BCUT2D eigenvalue weighted by atomic mass is 9.95. The predicted molar refractivity (Wildman–Crippen MR) is 68.6 cm³/mol. The van der Waals surface area contributed by atoms with Crippen molar-refractivity contribution in [1.82, 2.24) is 10.2 Å². The highest BCUT2D eigenvalue weighted by atomic mass is 15.1. The Morgan fingerprint density at radius 1 is 1.19 bits per heavy atom. The van der Waals surface area contributed by atoms with Crippen LogP contribution in [0.1, 0.15) is 25.0 Å². The second kappa shape index (κ2) is 5.46. The van der Waals surface area contributed by atoms with Gasteiger partial charge in [-0.2, -0.15) is 0 Å². The lowest BCUT2D eigenvalue weighted by Crippen LogP contribution is -2.44. The molecule has 1 aliphatic rings. The molecule has 1 atom stereocenters. The van der Waals surface area contributed by atoms with Gasteiger partial charge in [-0.15, -0.1) is 0 Å². The van der Waals surface area contributed by atoms with E-state index in [1.54, 1.807) is 0 Å². The third-order valence-electron chi connectivity index (χ3n) is 3.54. The van der Waals surface area contributed by atoms with Crippen LogP contribution in [0.4, 0.5) is 0 Å². The van der Waals surface area contributed by atoms with Crippen LogP contribution in [0.5, 0.6) is 0 Å². The standard InChI is InChI=1S/C14H22N2/c1-3-16(4-2)11-14-9-12-7-5-6-8-13(12)10-15-14/h5-8,14-15H,3-4,9-11H2,1-2H3. The first-order valence-corrected chi connectivity index (χ1v) is 6.36. The summed E-state index contributed by atoms with van der Waals surface area (Å²) in [5, 5.41) is 3.63. The van der Waals surface area contributed by atoms with Crippen LogP contribution in [0.3, 0.4) is 0 Å². The van der Waals surface area contributed by atoms with Crippen LogP contribution in [0.15, 0.2) is 24.3 Å². The Labute approximate surface area is 98.7 Å². The van der Waals surface area contributed by atoms with E-state index in [0.717, 1.165) is 19.6 Å². The van der Waals surface area contributed by atoms with Crippen LogP contribution in [0.2, 0.25) is 0 Å². The number of hydrogen-bond acceptors (Lipinski definition) is 2. The molecule has 1 N–H and O–H groups in total. The van der Waals surface area contributed by atoms with Gasteiger partial charge in [-0.1, -0.05) is 38.1 Å². The molecular formula is C14H22N2. The number of hydrogen-bond donors (Lipinski definition) is 1. The number of likely N-dealkylation sites (N-methyl/N-ethyl adjacent to an activating group) is 1. The molecule has 1 unspecified atom stereocenters. The normalized spacial score (nSPS) is 19.8. The van der Waals surface area contributed by atoms with Gasteiger partial charge in [-0.25, -0.2) is 0 Å². The second-order valence-corrected chi connectivity index (χ2v) is 4.54. The minimum absolute atomic E-state index is 0.620. The first-order valence-electron chi connectivity index (χ1n) is 6.36. The molecule has 0 fully saturated rings. The Bertz CT molecular complexity index is 331. The fourth-order valence-corrected chi connectivity index (χ4v) is 2.44. The third kappa shape index (κ3) is 2.63. The van der Waals surface area contributed by atoms with Crippen LogP contribution in [0, 0.1) is 0 Å². The summed E-state index contributed by atoms with van der Waals surface area (Å²) in [7, 11) is 0. The maximum absolute atomic E-state index is 3.63. The van der Waals surface area contributed by atoms with E-state index in [-0.39, 0.29) is 0 Å². The molecule has 0 aromatic heterocycles. The maximum atomic E-state index is 3.63. The summed E-state index contributed by atoms with van der Waals surface area (Å²) in [5.41, 5.74) is 3.00. The molecule has 1 aromatic rings. The molecule has 0 saturated carbocycles.